The Balaban J connectivity index is 1.75. The first-order chi connectivity index (χ1) is 14.5. The molecule has 0 bridgehead atoms. The lowest BCUT2D eigenvalue weighted by Crippen LogP contribution is -2.21. The third-order valence-electron chi connectivity index (χ3n) is 6.07. The topological polar surface area (TPSA) is 86.3 Å². The molecule has 7 heteroatoms. The Labute approximate surface area is 177 Å². The number of nitrogens with two attached hydrogens (primary N) is 1. The summed E-state index contributed by atoms with van der Waals surface area (Å²) in [6.45, 7) is 4.73. The van der Waals surface area contributed by atoms with Crippen LogP contribution in [0, 0.1) is 5.92 Å². The number of benzene rings is 1. The molecule has 1 aliphatic rings. The van der Waals surface area contributed by atoms with Crippen molar-refractivity contribution >= 4 is 33.7 Å². The van der Waals surface area contributed by atoms with Crippen molar-refractivity contribution in [1.82, 2.24) is 19.4 Å². The number of hydrogen-bond acceptors (Lipinski definition) is 5. The van der Waals surface area contributed by atoms with E-state index in [1.807, 2.05) is 0 Å². The molecule has 3 heterocycles. The first-order valence-corrected chi connectivity index (χ1v) is 10.8. The molecule has 4 rings (SSSR count). The number of pyridine rings is 1. The van der Waals surface area contributed by atoms with Crippen LogP contribution in [-0.4, -0.2) is 52.7 Å². The van der Waals surface area contributed by atoms with Crippen molar-refractivity contribution in [1.29, 1.82) is 0 Å². The third-order valence-corrected chi connectivity index (χ3v) is 6.07. The average molecular weight is 410 g/mol. The van der Waals surface area contributed by atoms with Gasteiger partial charge >= 0.3 is 0 Å². The molecule has 0 unspecified atom stereocenters. The summed E-state index contributed by atoms with van der Waals surface area (Å²) in [5.74, 6) is 2.24. The molecule has 1 amide bonds. The minimum absolute atomic E-state index is 0.125. The first-order valence-electron chi connectivity index (χ1n) is 10.8. The fourth-order valence-corrected chi connectivity index (χ4v) is 4.29. The van der Waals surface area contributed by atoms with E-state index in [0.29, 0.717) is 24.6 Å². The zero-order valence-electron chi connectivity index (χ0n) is 18.1. The SMILES string of the molecule is CCc1nc2c(N)nc3cc(CCC(=O)N(C)C)ccc3c2n1CC1CCOCC1. The second kappa shape index (κ2) is 8.60. The van der Waals surface area contributed by atoms with E-state index < -0.39 is 0 Å². The summed E-state index contributed by atoms with van der Waals surface area (Å²) in [5.41, 5.74) is 10.2. The van der Waals surface area contributed by atoms with Gasteiger partial charge in [-0.1, -0.05) is 19.1 Å². The van der Waals surface area contributed by atoms with Gasteiger partial charge in [0.1, 0.15) is 11.3 Å². The van der Waals surface area contributed by atoms with Crippen LogP contribution >= 0.6 is 0 Å². The number of ether oxygens (including phenoxy) is 1. The molecular weight excluding hydrogens is 378 g/mol. The lowest BCUT2D eigenvalue weighted by atomic mass is 10.00. The van der Waals surface area contributed by atoms with Gasteiger partial charge in [-0.15, -0.1) is 0 Å². The molecule has 1 fully saturated rings. The summed E-state index contributed by atoms with van der Waals surface area (Å²) in [6.07, 6.45) is 4.17. The van der Waals surface area contributed by atoms with Crippen LogP contribution in [0.4, 0.5) is 5.82 Å². The maximum absolute atomic E-state index is 11.9. The number of rotatable bonds is 6. The molecule has 0 aliphatic carbocycles. The van der Waals surface area contributed by atoms with E-state index in [0.717, 1.165) is 72.3 Å². The molecule has 0 spiro atoms. The molecule has 1 aromatic carbocycles. The van der Waals surface area contributed by atoms with Crippen LogP contribution in [0.3, 0.4) is 0 Å². The minimum Gasteiger partial charge on any atom is -0.382 e. The molecule has 2 aromatic heterocycles. The van der Waals surface area contributed by atoms with E-state index in [1.165, 1.54) is 0 Å². The Morgan fingerprint density at radius 2 is 2.03 bits per heavy atom. The van der Waals surface area contributed by atoms with Gasteiger partial charge in [-0.05, 0) is 36.8 Å². The number of carbonyl (C=O) groups is 1. The molecule has 2 N–H and O–H groups in total. The number of carbonyl (C=O) groups excluding carboxylic acids is 1. The van der Waals surface area contributed by atoms with Crippen LogP contribution < -0.4 is 5.73 Å². The van der Waals surface area contributed by atoms with E-state index in [-0.39, 0.29) is 5.91 Å². The summed E-state index contributed by atoms with van der Waals surface area (Å²) in [7, 11) is 3.57. The highest BCUT2D eigenvalue weighted by Crippen LogP contribution is 2.31. The van der Waals surface area contributed by atoms with Gasteiger partial charge in [-0.25, -0.2) is 9.97 Å². The number of fused-ring (bicyclic) bond motifs is 3. The number of nitrogen functional groups attached to an aromatic ring is 1. The quantitative estimate of drug-likeness (QED) is 0.676. The summed E-state index contributed by atoms with van der Waals surface area (Å²) < 4.78 is 7.89. The lowest BCUT2D eigenvalue weighted by Gasteiger charge is -2.23. The molecule has 7 nitrogen and oxygen atoms in total. The monoisotopic (exact) mass is 409 g/mol. The van der Waals surface area contributed by atoms with Gasteiger partial charge in [0.2, 0.25) is 5.91 Å². The number of hydrogen-bond donors (Lipinski definition) is 1. The zero-order chi connectivity index (χ0) is 21.3. The van der Waals surface area contributed by atoms with Crippen LogP contribution in [0.25, 0.3) is 21.9 Å². The molecule has 3 aromatic rings. The number of imidazole rings is 1. The highest BCUT2D eigenvalue weighted by atomic mass is 16.5. The van der Waals surface area contributed by atoms with Crippen LogP contribution in [0.2, 0.25) is 0 Å². The number of aryl methyl sites for hydroxylation is 2. The molecule has 160 valence electrons. The number of nitrogens with zero attached hydrogens (tertiary/aromatic N) is 4. The van der Waals surface area contributed by atoms with Gasteiger partial charge in [-0.2, -0.15) is 0 Å². The molecule has 0 atom stereocenters. The lowest BCUT2D eigenvalue weighted by molar-refractivity contribution is -0.128. The van der Waals surface area contributed by atoms with Gasteiger partial charge in [0.25, 0.3) is 0 Å². The van der Waals surface area contributed by atoms with E-state index >= 15 is 0 Å². The maximum atomic E-state index is 11.9. The third kappa shape index (κ3) is 3.99. The van der Waals surface area contributed by atoms with E-state index in [9.17, 15) is 4.79 Å². The summed E-state index contributed by atoms with van der Waals surface area (Å²) >= 11 is 0. The molecule has 1 saturated heterocycles. The largest absolute Gasteiger partial charge is 0.382 e. The van der Waals surface area contributed by atoms with Gasteiger partial charge in [-0.3, -0.25) is 4.79 Å². The first kappa shape index (κ1) is 20.6. The predicted molar refractivity (Wildman–Crippen MR) is 119 cm³/mol. The Bertz CT molecular complexity index is 1070. The van der Waals surface area contributed by atoms with Crippen molar-refractivity contribution in [3.8, 4) is 0 Å². The summed E-state index contributed by atoms with van der Waals surface area (Å²) in [6, 6.07) is 6.27. The molecule has 0 radical (unpaired) electrons. The Morgan fingerprint density at radius 3 is 2.73 bits per heavy atom. The van der Waals surface area contributed by atoms with E-state index in [2.05, 4.69) is 34.7 Å². The maximum Gasteiger partial charge on any atom is 0.222 e. The standard InChI is InChI=1S/C23H31N5O2/c1-4-19-26-21-22(28(19)14-16-9-11-30-12-10-16)17-7-5-15(6-8-20(29)27(2)3)13-18(17)25-23(21)24/h5,7,13,16H,4,6,8-12,14H2,1-3H3,(H2,24,25). The van der Waals surface area contributed by atoms with Gasteiger partial charge in [0.15, 0.2) is 5.82 Å². The molecular formula is C23H31N5O2. The predicted octanol–water partition coefficient (Wildman–Crippen LogP) is 3.18. The van der Waals surface area contributed by atoms with Gasteiger partial charge in [0.05, 0.1) is 11.0 Å². The Kier molecular flexibility index (Phi) is 5.90. The van der Waals surface area contributed by atoms with Crippen molar-refractivity contribution in [2.45, 2.75) is 45.6 Å². The Hall–Kier alpha value is -2.67. The van der Waals surface area contributed by atoms with Gasteiger partial charge in [0, 0.05) is 52.1 Å². The van der Waals surface area contributed by atoms with Crippen LogP contribution in [0.15, 0.2) is 18.2 Å². The van der Waals surface area contributed by atoms with E-state index in [1.54, 1.807) is 19.0 Å². The minimum atomic E-state index is 0.125. The van der Waals surface area contributed by atoms with Crippen LogP contribution in [0.5, 0.6) is 0 Å². The second-order valence-electron chi connectivity index (χ2n) is 8.38. The van der Waals surface area contributed by atoms with Crippen molar-refractivity contribution in [3.63, 3.8) is 0 Å². The van der Waals surface area contributed by atoms with Gasteiger partial charge < -0.3 is 19.9 Å². The van der Waals surface area contributed by atoms with Crippen molar-refractivity contribution in [2.24, 2.45) is 5.92 Å². The summed E-state index contributed by atoms with van der Waals surface area (Å²) in [4.78, 5) is 23.1. The second-order valence-corrected chi connectivity index (χ2v) is 8.38. The van der Waals surface area contributed by atoms with Crippen molar-refractivity contribution in [2.75, 3.05) is 33.0 Å². The number of anilines is 1. The number of aromatic nitrogens is 3. The van der Waals surface area contributed by atoms with Crippen LogP contribution in [0.1, 0.15) is 37.6 Å². The fraction of sp³-hybridized carbons (Fsp3) is 0.522. The Morgan fingerprint density at radius 1 is 1.27 bits per heavy atom. The fourth-order valence-electron chi connectivity index (χ4n) is 4.29. The summed E-state index contributed by atoms with van der Waals surface area (Å²) in [5, 5.41) is 1.07. The van der Waals surface area contributed by atoms with E-state index in [4.69, 9.17) is 15.5 Å². The van der Waals surface area contributed by atoms with Crippen molar-refractivity contribution in [3.05, 3.63) is 29.6 Å². The molecule has 30 heavy (non-hydrogen) atoms. The average Bonchev–Trinajstić information content (AvgIpc) is 3.11. The highest BCUT2D eigenvalue weighted by Gasteiger charge is 2.21. The zero-order valence-corrected chi connectivity index (χ0v) is 18.1. The van der Waals surface area contributed by atoms with Crippen LogP contribution in [-0.2, 0) is 28.9 Å². The molecule has 1 aliphatic heterocycles. The van der Waals surface area contributed by atoms with Crippen molar-refractivity contribution < 1.29 is 9.53 Å². The highest BCUT2D eigenvalue weighted by molar-refractivity contribution is 6.06. The normalized spacial score (nSPS) is 15.2. The molecule has 0 saturated carbocycles. The number of amides is 1. The smallest absolute Gasteiger partial charge is 0.222 e.